The van der Waals surface area contributed by atoms with E-state index in [-0.39, 0.29) is 17.2 Å². The van der Waals surface area contributed by atoms with E-state index >= 15 is 0 Å². The molecule has 254 valence electrons. The van der Waals surface area contributed by atoms with Crippen molar-refractivity contribution in [2.45, 2.75) is 50.2 Å². The first-order valence-electron chi connectivity index (χ1n) is 17.1. The molecule has 4 aromatic rings. The standard InChI is InChI=1S/C38H46N4O6/c43-33-15-13-30(31-14-16-35(45)40-36(31)33)34(44)24-39-19-6-1-2-7-22-48-29-12-8-11-28(23-29)38(41-37(46)47,27-9-4-3-5-10-27)32-25-42-20-17-26(32)18-21-42/h3-5,8-16,23,26,32,34,39,41,43-44H,1-2,6-7,17-22,24-25H2,(H,40,45)(H,46,47). The van der Waals surface area contributed by atoms with Crippen molar-refractivity contribution in [3.05, 3.63) is 106 Å². The van der Waals surface area contributed by atoms with Crippen LogP contribution in [0.15, 0.2) is 83.7 Å². The molecule has 6 N–H and O–H groups in total. The second-order valence-electron chi connectivity index (χ2n) is 13.1. The summed E-state index contributed by atoms with van der Waals surface area (Å²) in [6.07, 6.45) is 4.19. The number of aromatic amines is 1. The van der Waals surface area contributed by atoms with Crippen LogP contribution in [0.1, 0.15) is 61.3 Å². The fourth-order valence-corrected chi connectivity index (χ4v) is 7.78. The molecule has 3 saturated heterocycles. The Morgan fingerprint density at radius 1 is 0.958 bits per heavy atom. The van der Waals surface area contributed by atoms with Crippen LogP contribution in [-0.2, 0) is 5.54 Å². The Morgan fingerprint density at radius 2 is 1.73 bits per heavy atom. The fraction of sp³-hybridized carbons (Fsp3) is 0.421. The van der Waals surface area contributed by atoms with Gasteiger partial charge in [-0.05, 0) is 92.2 Å². The highest BCUT2D eigenvalue weighted by Gasteiger charge is 2.50. The van der Waals surface area contributed by atoms with Crippen LogP contribution in [0, 0.1) is 11.8 Å². The minimum absolute atomic E-state index is 0.0248. The number of phenolic OH excluding ortho intramolecular Hbond substituents is 1. The predicted octanol–water partition coefficient (Wildman–Crippen LogP) is 5.35. The van der Waals surface area contributed by atoms with Crippen LogP contribution in [0.3, 0.4) is 0 Å². The summed E-state index contributed by atoms with van der Waals surface area (Å²) < 4.78 is 6.22. The smallest absolute Gasteiger partial charge is 0.405 e. The number of hydrogen-bond donors (Lipinski definition) is 6. The van der Waals surface area contributed by atoms with E-state index in [4.69, 9.17) is 4.74 Å². The second kappa shape index (κ2) is 15.2. The average molecular weight is 655 g/mol. The van der Waals surface area contributed by atoms with Crippen molar-refractivity contribution >= 4 is 17.0 Å². The zero-order valence-corrected chi connectivity index (χ0v) is 27.2. The van der Waals surface area contributed by atoms with Gasteiger partial charge in [0, 0.05) is 30.5 Å². The molecule has 0 aliphatic carbocycles. The third-order valence-electron chi connectivity index (χ3n) is 10.2. The van der Waals surface area contributed by atoms with E-state index in [1.165, 1.54) is 12.1 Å². The molecule has 0 radical (unpaired) electrons. The van der Waals surface area contributed by atoms with Crippen LogP contribution in [0.2, 0.25) is 0 Å². The first kappa shape index (κ1) is 33.5. The van der Waals surface area contributed by atoms with E-state index in [1.54, 1.807) is 12.1 Å². The zero-order valence-electron chi connectivity index (χ0n) is 27.2. The lowest BCUT2D eigenvalue weighted by Gasteiger charge is -2.53. The van der Waals surface area contributed by atoms with Gasteiger partial charge in [0.1, 0.15) is 11.5 Å². The molecule has 3 aromatic carbocycles. The average Bonchev–Trinajstić information content (AvgIpc) is 3.11. The molecule has 0 saturated carbocycles. The highest BCUT2D eigenvalue weighted by molar-refractivity contribution is 5.87. The third-order valence-corrected chi connectivity index (χ3v) is 10.2. The minimum atomic E-state index is -1.03. The largest absolute Gasteiger partial charge is 0.506 e. The number of amides is 1. The number of ether oxygens (including phenoxy) is 1. The second-order valence-corrected chi connectivity index (χ2v) is 13.1. The number of H-pyrrole nitrogens is 1. The number of aromatic hydroxyl groups is 1. The van der Waals surface area contributed by atoms with Crippen molar-refractivity contribution in [3.8, 4) is 11.5 Å². The third kappa shape index (κ3) is 7.36. The lowest BCUT2D eigenvalue weighted by atomic mass is 9.63. The van der Waals surface area contributed by atoms with Gasteiger partial charge in [0.15, 0.2) is 0 Å². The predicted molar refractivity (Wildman–Crippen MR) is 186 cm³/mol. The number of carbonyl (C=O) groups is 1. The lowest BCUT2D eigenvalue weighted by molar-refractivity contribution is 0.00716. The van der Waals surface area contributed by atoms with Crippen LogP contribution < -0.4 is 20.9 Å². The van der Waals surface area contributed by atoms with Crippen LogP contribution in [0.4, 0.5) is 4.79 Å². The van der Waals surface area contributed by atoms with Crippen molar-refractivity contribution in [2.24, 2.45) is 11.8 Å². The lowest BCUT2D eigenvalue weighted by Crippen LogP contribution is -2.61. The van der Waals surface area contributed by atoms with E-state index in [0.29, 0.717) is 35.5 Å². The molecule has 10 nitrogen and oxygen atoms in total. The molecular formula is C38H46N4O6. The van der Waals surface area contributed by atoms with Crippen LogP contribution in [0.5, 0.6) is 11.5 Å². The molecular weight excluding hydrogens is 608 g/mol. The van der Waals surface area contributed by atoms with Gasteiger partial charge in [0.05, 0.1) is 23.8 Å². The number of aromatic nitrogens is 1. The number of hydrogen-bond acceptors (Lipinski definition) is 7. The van der Waals surface area contributed by atoms with Gasteiger partial charge >= 0.3 is 6.09 Å². The number of unbranched alkanes of at least 4 members (excludes halogenated alkanes) is 3. The summed E-state index contributed by atoms with van der Waals surface area (Å²) in [5.74, 6) is 1.25. The summed E-state index contributed by atoms with van der Waals surface area (Å²) in [5.41, 5.74) is 1.65. The maximum atomic E-state index is 12.4. The van der Waals surface area contributed by atoms with Gasteiger partial charge < -0.3 is 40.6 Å². The molecule has 4 heterocycles. The molecule has 0 spiro atoms. The Labute approximate surface area is 280 Å². The molecule has 2 bridgehead atoms. The van der Waals surface area contributed by atoms with Gasteiger partial charge in [0.25, 0.3) is 0 Å². The van der Waals surface area contributed by atoms with Gasteiger partial charge in [-0.25, -0.2) is 4.79 Å². The molecule has 1 amide bonds. The summed E-state index contributed by atoms with van der Waals surface area (Å²) in [4.78, 5) is 29.2. The zero-order chi connectivity index (χ0) is 33.5. The van der Waals surface area contributed by atoms with E-state index in [9.17, 15) is 24.9 Å². The van der Waals surface area contributed by atoms with Gasteiger partial charge in [-0.15, -0.1) is 0 Å². The quantitative estimate of drug-likeness (QED) is 0.0941. The number of fused-ring (bicyclic) bond motifs is 4. The number of nitrogens with one attached hydrogen (secondary N) is 3. The van der Waals surface area contributed by atoms with E-state index in [0.717, 1.165) is 81.6 Å². The van der Waals surface area contributed by atoms with E-state index < -0.39 is 17.7 Å². The normalized spacial score (nSPS) is 20.6. The highest BCUT2D eigenvalue weighted by Crippen LogP contribution is 2.47. The minimum Gasteiger partial charge on any atom is -0.506 e. The number of piperidine rings is 3. The van der Waals surface area contributed by atoms with E-state index in [2.05, 4.69) is 20.5 Å². The number of carboxylic acid groups (broad SMARTS) is 1. The van der Waals surface area contributed by atoms with Gasteiger partial charge in [-0.1, -0.05) is 61.4 Å². The summed E-state index contributed by atoms with van der Waals surface area (Å²) >= 11 is 0. The van der Waals surface area contributed by atoms with Crippen molar-refractivity contribution in [1.29, 1.82) is 0 Å². The Bertz CT molecular complexity index is 1740. The number of rotatable bonds is 15. The van der Waals surface area contributed by atoms with E-state index in [1.807, 2.05) is 54.6 Å². The molecule has 7 rings (SSSR count). The molecule has 3 unspecified atom stereocenters. The molecule has 1 aromatic heterocycles. The number of aliphatic hydroxyl groups excluding tert-OH is 1. The monoisotopic (exact) mass is 654 g/mol. The first-order valence-corrected chi connectivity index (χ1v) is 17.1. The van der Waals surface area contributed by atoms with Crippen molar-refractivity contribution in [3.63, 3.8) is 0 Å². The van der Waals surface area contributed by atoms with Gasteiger partial charge in [0.2, 0.25) is 5.56 Å². The Balaban J connectivity index is 1.01. The Kier molecular flexibility index (Phi) is 10.6. The number of pyridine rings is 1. The molecule has 3 aliphatic heterocycles. The summed E-state index contributed by atoms with van der Waals surface area (Å²) in [7, 11) is 0. The van der Waals surface area contributed by atoms with Crippen LogP contribution in [-0.4, -0.2) is 70.6 Å². The molecule has 3 atom stereocenters. The van der Waals surface area contributed by atoms with Crippen LogP contribution in [0.25, 0.3) is 10.9 Å². The number of aliphatic hydroxyl groups is 1. The maximum absolute atomic E-state index is 12.4. The maximum Gasteiger partial charge on any atom is 0.405 e. The Morgan fingerprint density at radius 3 is 2.48 bits per heavy atom. The SMILES string of the molecule is O=C(O)NC(c1ccccc1)(c1cccc(OCCCCCCNCC(O)c2ccc(O)c3[nH]c(=O)ccc23)c1)C1CN2CCC1CC2. The molecule has 3 fully saturated rings. The summed E-state index contributed by atoms with van der Waals surface area (Å²) in [6.45, 7) is 4.68. The van der Waals surface area contributed by atoms with Crippen molar-refractivity contribution < 1.29 is 24.9 Å². The molecule has 10 heteroatoms. The summed E-state index contributed by atoms with van der Waals surface area (Å²) in [5, 5.41) is 38.0. The van der Waals surface area contributed by atoms with Crippen molar-refractivity contribution in [1.82, 2.24) is 20.5 Å². The number of nitrogens with zero attached hydrogens (tertiary/aromatic N) is 1. The fourth-order valence-electron chi connectivity index (χ4n) is 7.78. The number of benzene rings is 3. The molecule has 48 heavy (non-hydrogen) atoms. The number of phenols is 1. The van der Waals surface area contributed by atoms with Crippen LogP contribution >= 0.6 is 0 Å². The summed E-state index contributed by atoms with van der Waals surface area (Å²) in [6, 6.07) is 24.1. The van der Waals surface area contributed by atoms with Gasteiger partial charge in [-0.3, -0.25) is 4.79 Å². The molecule has 3 aliphatic rings. The van der Waals surface area contributed by atoms with Crippen molar-refractivity contribution in [2.75, 3.05) is 39.3 Å². The Hall–Kier alpha value is -4.38. The van der Waals surface area contributed by atoms with Gasteiger partial charge in [-0.2, -0.15) is 0 Å². The topological polar surface area (TPSA) is 147 Å². The highest BCUT2D eigenvalue weighted by atomic mass is 16.5. The first-order chi connectivity index (χ1) is 23.3.